The van der Waals surface area contributed by atoms with Gasteiger partial charge < -0.3 is 15.0 Å². The molecule has 3 aromatic rings. The number of para-hydroxylation sites is 1. The van der Waals surface area contributed by atoms with Crippen molar-refractivity contribution in [3.63, 3.8) is 0 Å². The van der Waals surface area contributed by atoms with Gasteiger partial charge in [-0.05, 0) is 49.6 Å². The molecule has 0 saturated carbocycles. The number of aryl methyl sites for hydroxylation is 2. The predicted octanol–water partition coefficient (Wildman–Crippen LogP) is 3.92. The van der Waals surface area contributed by atoms with Gasteiger partial charge in [-0.15, -0.1) is 0 Å². The Morgan fingerprint density at radius 2 is 1.82 bits per heavy atom. The van der Waals surface area contributed by atoms with Crippen LogP contribution in [0.2, 0.25) is 0 Å². The first-order chi connectivity index (χ1) is 18.9. The Morgan fingerprint density at radius 3 is 2.56 bits per heavy atom. The Bertz CT molecular complexity index is 1270. The van der Waals surface area contributed by atoms with Crippen molar-refractivity contribution in [1.29, 1.82) is 0 Å². The largest absolute Gasteiger partial charge is 0.497 e. The van der Waals surface area contributed by atoms with Gasteiger partial charge >= 0.3 is 0 Å². The van der Waals surface area contributed by atoms with Crippen LogP contribution >= 0.6 is 0 Å². The summed E-state index contributed by atoms with van der Waals surface area (Å²) < 4.78 is 7.24. The lowest BCUT2D eigenvalue weighted by atomic mass is 10.1. The molecule has 0 spiro atoms. The van der Waals surface area contributed by atoms with Crippen LogP contribution in [-0.4, -0.2) is 71.2 Å². The molecular weight excluding hydrogens is 492 g/mol. The zero-order valence-electron chi connectivity index (χ0n) is 23.5. The van der Waals surface area contributed by atoms with E-state index < -0.39 is 0 Å². The Kier molecular flexibility index (Phi) is 9.73. The number of methoxy groups -OCH3 is 1. The summed E-state index contributed by atoms with van der Waals surface area (Å²) in [7, 11) is 1.68. The van der Waals surface area contributed by atoms with Gasteiger partial charge in [0, 0.05) is 64.6 Å². The van der Waals surface area contributed by atoms with Crippen molar-refractivity contribution >= 4 is 23.2 Å². The maximum absolute atomic E-state index is 13.2. The van der Waals surface area contributed by atoms with Crippen molar-refractivity contribution in [1.82, 2.24) is 19.6 Å². The highest BCUT2D eigenvalue weighted by Crippen LogP contribution is 2.24. The summed E-state index contributed by atoms with van der Waals surface area (Å²) >= 11 is 0. The second kappa shape index (κ2) is 13.4. The average molecular weight is 533 g/mol. The fourth-order valence-electron chi connectivity index (χ4n) is 5.04. The number of fused-ring (bicyclic) bond motifs is 1. The van der Waals surface area contributed by atoms with Crippen LogP contribution in [0.15, 0.2) is 54.7 Å². The van der Waals surface area contributed by atoms with Crippen LogP contribution in [0.3, 0.4) is 0 Å². The van der Waals surface area contributed by atoms with Gasteiger partial charge in [0.2, 0.25) is 11.8 Å². The van der Waals surface area contributed by atoms with Crippen molar-refractivity contribution in [2.75, 3.05) is 50.1 Å². The number of anilines is 2. The fraction of sp³-hybridized carbons (Fsp3) is 0.433. The third-order valence-corrected chi connectivity index (χ3v) is 7.10. The molecule has 2 heterocycles. The third-order valence-electron chi connectivity index (χ3n) is 7.10. The summed E-state index contributed by atoms with van der Waals surface area (Å²) in [5, 5.41) is 7.49. The van der Waals surface area contributed by atoms with Gasteiger partial charge in [0.15, 0.2) is 0 Å². The number of hydrogen-bond donors (Lipinski definition) is 1. The van der Waals surface area contributed by atoms with E-state index in [1.54, 1.807) is 14.0 Å². The normalized spacial score (nSPS) is 15.3. The molecule has 1 aliphatic heterocycles. The Hall–Kier alpha value is -3.69. The lowest BCUT2D eigenvalue weighted by Crippen LogP contribution is -2.39. The van der Waals surface area contributed by atoms with Gasteiger partial charge in [0.25, 0.3) is 0 Å². The van der Waals surface area contributed by atoms with Crippen LogP contribution in [0, 0.1) is 6.92 Å². The van der Waals surface area contributed by atoms with Crippen LogP contribution in [0.4, 0.5) is 11.4 Å². The highest BCUT2D eigenvalue weighted by atomic mass is 16.5. The number of hydrogen-bond acceptors (Lipinski definition) is 6. The summed E-state index contributed by atoms with van der Waals surface area (Å²) in [5.41, 5.74) is 4.66. The van der Waals surface area contributed by atoms with Crippen LogP contribution in [0.5, 0.6) is 5.75 Å². The van der Waals surface area contributed by atoms with E-state index in [4.69, 9.17) is 4.74 Å². The van der Waals surface area contributed by atoms with Gasteiger partial charge in [0.05, 0.1) is 25.0 Å². The average Bonchev–Trinajstić information content (AvgIpc) is 3.27. The van der Waals surface area contributed by atoms with Crippen molar-refractivity contribution in [3.05, 3.63) is 71.5 Å². The minimum absolute atomic E-state index is 0.0220. The van der Waals surface area contributed by atoms with Crippen LogP contribution in [-0.2, 0) is 29.2 Å². The minimum Gasteiger partial charge on any atom is -0.497 e. The number of benzene rings is 2. The standard InChI is InChI=1S/C30H40N6O3/c1-5-35-21-28(23(2)32-35)31-30(38)22-34-17-16-33(19-25-10-8-12-27(18-25)39-4)14-9-15-36(24(3)37)29-13-7-6-11-26(29)20-34/h6-8,10-13,18,21H,5,9,14-17,19-20,22H2,1-4H3,(H,31,38). The Balaban J connectivity index is 1.56. The number of amides is 2. The summed E-state index contributed by atoms with van der Waals surface area (Å²) in [6.07, 6.45) is 2.72. The van der Waals surface area contributed by atoms with E-state index in [-0.39, 0.29) is 18.4 Å². The third kappa shape index (κ3) is 7.68. The number of ether oxygens (including phenoxy) is 1. The zero-order valence-corrected chi connectivity index (χ0v) is 23.5. The summed E-state index contributed by atoms with van der Waals surface area (Å²) in [5.74, 6) is 0.779. The van der Waals surface area contributed by atoms with E-state index in [0.717, 1.165) is 61.0 Å². The van der Waals surface area contributed by atoms with E-state index in [1.165, 1.54) is 5.56 Å². The van der Waals surface area contributed by atoms with E-state index in [9.17, 15) is 9.59 Å². The van der Waals surface area contributed by atoms with Crippen LogP contribution < -0.4 is 15.0 Å². The molecule has 0 atom stereocenters. The first kappa shape index (κ1) is 28.3. The van der Waals surface area contributed by atoms with Gasteiger partial charge in [-0.2, -0.15) is 5.10 Å². The zero-order chi connectivity index (χ0) is 27.8. The molecule has 9 heteroatoms. The van der Waals surface area contributed by atoms with E-state index in [1.807, 2.05) is 60.0 Å². The number of rotatable bonds is 7. The molecule has 0 bridgehead atoms. The maximum atomic E-state index is 13.2. The molecule has 1 N–H and O–H groups in total. The number of aromatic nitrogens is 2. The molecule has 9 nitrogen and oxygen atoms in total. The number of carbonyl (C=O) groups excluding carboxylic acids is 2. The first-order valence-corrected chi connectivity index (χ1v) is 13.6. The smallest absolute Gasteiger partial charge is 0.238 e. The quantitative estimate of drug-likeness (QED) is 0.497. The number of carbonyl (C=O) groups is 2. The van der Waals surface area contributed by atoms with Crippen LogP contribution in [0.1, 0.15) is 37.1 Å². The fourth-order valence-corrected chi connectivity index (χ4v) is 5.04. The number of nitrogens with one attached hydrogen (secondary N) is 1. The topological polar surface area (TPSA) is 82.9 Å². The van der Waals surface area contributed by atoms with Crippen molar-refractivity contribution in [2.24, 2.45) is 0 Å². The maximum Gasteiger partial charge on any atom is 0.238 e. The van der Waals surface area contributed by atoms with E-state index in [2.05, 4.69) is 38.4 Å². The summed E-state index contributed by atoms with van der Waals surface area (Å²) in [4.78, 5) is 32.3. The lowest BCUT2D eigenvalue weighted by molar-refractivity contribution is -0.118. The van der Waals surface area contributed by atoms with Gasteiger partial charge in [-0.1, -0.05) is 30.3 Å². The summed E-state index contributed by atoms with van der Waals surface area (Å²) in [6, 6.07) is 16.1. The molecule has 0 radical (unpaired) electrons. The molecule has 2 aromatic carbocycles. The molecule has 2 amide bonds. The van der Waals surface area contributed by atoms with Gasteiger partial charge in [-0.25, -0.2) is 0 Å². The molecule has 208 valence electrons. The predicted molar refractivity (Wildman–Crippen MR) is 154 cm³/mol. The van der Waals surface area contributed by atoms with Gasteiger partial charge in [-0.3, -0.25) is 24.1 Å². The second-order valence-electron chi connectivity index (χ2n) is 10.0. The van der Waals surface area contributed by atoms with Crippen molar-refractivity contribution < 1.29 is 14.3 Å². The molecule has 1 aromatic heterocycles. The van der Waals surface area contributed by atoms with E-state index in [0.29, 0.717) is 19.6 Å². The molecule has 1 aliphatic rings. The lowest BCUT2D eigenvalue weighted by Gasteiger charge is -2.27. The van der Waals surface area contributed by atoms with Crippen molar-refractivity contribution in [2.45, 2.75) is 46.8 Å². The molecule has 0 unspecified atom stereocenters. The second-order valence-corrected chi connectivity index (χ2v) is 10.0. The van der Waals surface area contributed by atoms with Gasteiger partial charge in [0.1, 0.15) is 5.75 Å². The molecule has 0 fully saturated rings. The molecule has 0 saturated heterocycles. The Labute approximate surface area is 231 Å². The molecule has 4 rings (SSSR count). The van der Waals surface area contributed by atoms with Crippen molar-refractivity contribution in [3.8, 4) is 5.75 Å². The highest BCUT2D eigenvalue weighted by Gasteiger charge is 2.21. The molecule has 0 aliphatic carbocycles. The van der Waals surface area contributed by atoms with E-state index >= 15 is 0 Å². The summed E-state index contributed by atoms with van der Waals surface area (Å²) in [6.45, 7) is 10.8. The minimum atomic E-state index is -0.0797. The number of nitrogens with zero attached hydrogens (tertiary/aromatic N) is 5. The highest BCUT2D eigenvalue weighted by molar-refractivity contribution is 5.93. The van der Waals surface area contributed by atoms with Crippen LogP contribution in [0.25, 0.3) is 0 Å². The molecular formula is C30H40N6O3. The Morgan fingerprint density at radius 1 is 1.03 bits per heavy atom. The first-order valence-electron chi connectivity index (χ1n) is 13.6. The SMILES string of the molecule is CCn1cc(NC(=O)CN2CCN(Cc3cccc(OC)c3)CCCN(C(C)=O)c3ccccc3C2)c(C)n1. The molecule has 39 heavy (non-hydrogen) atoms. The monoisotopic (exact) mass is 532 g/mol.